The standard InChI is InChI=1S/C8H5NO4/c10-8-6-2-1-5(4-13-8)3-7(6)9(11)12/h1-3H,4H2. The molecule has 0 unspecified atom stereocenters. The molecule has 2 aliphatic heterocycles. The lowest BCUT2D eigenvalue weighted by atomic mass is 10.1. The van der Waals surface area contributed by atoms with Crippen LogP contribution in [0.2, 0.25) is 0 Å². The van der Waals surface area contributed by atoms with E-state index in [1.165, 1.54) is 12.1 Å². The first-order chi connectivity index (χ1) is 6.18. The molecule has 2 aliphatic rings. The van der Waals surface area contributed by atoms with Crippen molar-refractivity contribution in [2.45, 2.75) is 6.61 Å². The van der Waals surface area contributed by atoms with E-state index in [1.54, 1.807) is 6.07 Å². The largest absolute Gasteiger partial charge is 0.457 e. The minimum absolute atomic E-state index is 0.0197. The Bertz CT molecular complexity index is 399. The Morgan fingerprint density at radius 1 is 1.46 bits per heavy atom. The molecule has 2 bridgehead atoms. The van der Waals surface area contributed by atoms with Crippen molar-refractivity contribution in [2.24, 2.45) is 0 Å². The molecule has 66 valence electrons. The maximum absolute atomic E-state index is 11.1. The number of carbonyl (C=O) groups excluding carboxylic acids is 1. The Balaban J connectivity index is 2.66. The van der Waals surface area contributed by atoms with Gasteiger partial charge in [-0.1, -0.05) is 6.07 Å². The predicted molar refractivity (Wildman–Crippen MR) is 42.2 cm³/mol. The Labute approximate surface area is 73.1 Å². The zero-order valence-corrected chi connectivity index (χ0v) is 6.52. The molecule has 0 N–H and O–H groups in total. The van der Waals surface area contributed by atoms with Crippen molar-refractivity contribution >= 4 is 11.7 Å². The van der Waals surface area contributed by atoms with E-state index in [1.807, 2.05) is 0 Å². The number of esters is 1. The predicted octanol–water partition coefficient (Wildman–Crippen LogP) is 1.27. The number of ether oxygens (including phenoxy) is 1. The molecule has 5 heteroatoms. The zero-order valence-electron chi connectivity index (χ0n) is 6.52. The van der Waals surface area contributed by atoms with Gasteiger partial charge in [0, 0.05) is 6.07 Å². The summed E-state index contributed by atoms with van der Waals surface area (Å²) in [7, 11) is 0. The second-order valence-corrected chi connectivity index (χ2v) is 2.68. The van der Waals surface area contributed by atoms with Crippen molar-refractivity contribution in [3.05, 3.63) is 39.4 Å². The van der Waals surface area contributed by atoms with Gasteiger partial charge in [0.15, 0.2) is 0 Å². The van der Waals surface area contributed by atoms with Gasteiger partial charge in [0.25, 0.3) is 5.69 Å². The summed E-state index contributed by atoms with van der Waals surface area (Å²) in [5.74, 6) is -0.633. The van der Waals surface area contributed by atoms with Crippen LogP contribution in [0.25, 0.3) is 0 Å². The molecular formula is C8H5NO4. The van der Waals surface area contributed by atoms with E-state index in [4.69, 9.17) is 4.74 Å². The van der Waals surface area contributed by atoms with Crippen LogP contribution in [0.15, 0.2) is 18.2 Å². The van der Waals surface area contributed by atoms with Gasteiger partial charge < -0.3 is 4.74 Å². The number of carbonyl (C=O) groups is 1. The van der Waals surface area contributed by atoms with Gasteiger partial charge in [-0.25, -0.2) is 4.79 Å². The second-order valence-electron chi connectivity index (χ2n) is 2.68. The van der Waals surface area contributed by atoms with Gasteiger partial charge in [-0.15, -0.1) is 0 Å². The van der Waals surface area contributed by atoms with E-state index >= 15 is 0 Å². The SMILES string of the molecule is O=C1OCc2ccc1c([N+](=O)[O-])c2. The highest BCUT2D eigenvalue weighted by Gasteiger charge is 2.25. The summed E-state index contributed by atoms with van der Waals surface area (Å²) in [6, 6.07) is 4.43. The minimum Gasteiger partial charge on any atom is -0.457 e. The topological polar surface area (TPSA) is 69.4 Å². The summed E-state index contributed by atoms with van der Waals surface area (Å²) in [4.78, 5) is 21.0. The molecule has 0 radical (unpaired) electrons. The van der Waals surface area contributed by atoms with Crippen LogP contribution in [-0.4, -0.2) is 10.9 Å². The molecule has 5 nitrogen and oxygen atoms in total. The van der Waals surface area contributed by atoms with Gasteiger partial charge in [-0.3, -0.25) is 10.1 Å². The van der Waals surface area contributed by atoms with Crippen molar-refractivity contribution < 1.29 is 14.5 Å². The fraction of sp³-hybridized carbons (Fsp3) is 0.125. The third-order valence-electron chi connectivity index (χ3n) is 1.85. The summed E-state index contributed by atoms with van der Waals surface area (Å²) in [6.07, 6.45) is 0. The van der Waals surface area contributed by atoms with Crippen LogP contribution >= 0.6 is 0 Å². The molecule has 0 aliphatic carbocycles. The molecule has 0 spiro atoms. The zero-order chi connectivity index (χ0) is 9.42. The van der Waals surface area contributed by atoms with Crippen molar-refractivity contribution in [1.82, 2.24) is 0 Å². The molecule has 1 aromatic carbocycles. The van der Waals surface area contributed by atoms with Gasteiger partial charge in [0.1, 0.15) is 12.2 Å². The molecule has 1 aromatic rings. The quantitative estimate of drug-likeness (QED) is 0.369. The van der Waals surface area contributed by atoms with E-state index in [9.17, 15) is 14.9 Å². The number of fused-ring (bicyclic) bond motifs is 4. The second kappa shape index (κ2) is 2.55. The molecular weight excluding hydrogens is 174 g/mol. The lowest BCUT2D eigenvalue weighted by Crippen LogP contribution is -2.02. The summed E-state index contributed by atoms with van der Waals surface area (Å²) in [5, 5.41) is 10.5. The van der Waals surface area contributed by atoms with Crippen molar-refractivity contribution in [2.75, 3.05) is 0 Å². The number of benzene rings is 1. The smallest absolute Gasteiger partial charge is 0.345 e. The van der Waals surface area contributed by atoms with E-state index in [0.29, 0.717) is 5.56 Å². The van der Waals surface area contributed by atoms with Crippen LogP contribution < -0.4 is 0 Å². The number of hydrogen-bond donors (Lipinski definition) is 0. The number of rotatable bonds is 1. The maximum Gasteiger partial charge on any atom is 0.345 e. The minimum atomic E-state index is -0.633. The van der Waals surface area contributed by atoms with Crippen molar-refractivity contribution in [3.8, 4) is 0 Å². The summed E-state index contributed by atoms with van der Waals surface area (Å²) < 4.78 is 4.74. The maximum atomic E-state index is 11.1. The van der Waals surface area contributed by atoms with Gasteiger partial charge in [0.2, 0.25) is 0 Å². The number of hydrogen-bond acceptors (Lipinski definition) is 4. The van der Waals surface area contributed by atoms with Gasteiger partial charge >= 0.3 is 5.97 Å². The number of nitrogens with zero attached hydrogens (tertiary/aromatic N) is 1. The lowest BCUT2D eigenvalue weighted by Gasteiger charge is -1.95. The average molecular weight is 179 g/mol. The van der Waals surface area contributed by atoms with Crippen LogP contribution in [0.4, 0.5) is 5.69 Å². The van der Waals surface area contributed by atoms with Crippen molar-refractivity contribution in [1.29, 1.82) is 0 Å². The summed E-state index contributed by atoms with van der Waals surface area (Å²) in [5.41, 5.74) is 0.479. The Morgan fingerprint density at radius 3 is 2.92 bits per heavy atom. The first-order valence-electron chi connectivity index (χ1n) is 3.63. The molecule has 0 atom stereocenters. The van der Waals surface area contributed by atoms with Gasteiger partial charge in [0.05, 0.1) is 4.92 Å². The molecule has 2 heterocycles. The monoisotopic (exact) mass is 179 g/mol. The van der Waals surface area contributed by atoms with Crippen LogP contribution in [0.1, 0.15) is 15.9 Å². The van der Waals surface area contributed by atoms with Crippen LogP contribution in [0.3, 0.4) is 0 Å². The normalized spacial score (nSPS) is 13.7. The molecule has 0 amide bonds. The van der Waals surface area contributed by atoms with Gasteiger partial charge in [-0.2, -0.15) is 0 Å². The molecule has 0 saturated heterocycles. The third kappa shape index (κ3) is 1.14. The van der Waals surface area contributed by atoms with Gasteiger partial charge in [-0.05, 0) is 11.6 Å². The average Bonchev–Trinajstić information content (AvgIpc) is 2.37. The summed E-state index contributed by atoms with van der Waals surface area (Å²) >= 11 is 0. The fourth-order valence-corrected chi connectivity index (χ4v) is 1.22. The fourth-order valence-electron chi connectivity index (χ4n) is 1.22. The van der Waals surface area contributed by atoms with Crippen molar-refractivity contribution in [3.63, 3.8) is 0 Å². The highest BCUT2D eigenvalue weighted by atomic mass is 16.6. The highest BCUT2D eigenvalue weighted by Crippen LogP contribution is 2.25. The van der Waals surface area contributed by atoms with E-state index in [2.05, 4.69) is 0 Å². The first-order valence-corrected chi connectivity index (χ1v) is 3.63. The number of nitro benzene ring substituents is 1. The van der Waals surface area contributed by atoms with E-state index in [0.717, 1.165) is 0 Å². The third-order valence-corrected chi connectivity index (χ3v) is 1.85. The Kier molecular flexibility index (Phi) is 1.51. The number of nitro groups is 1. The molecule has 3 rings (SSSR count). The highest BCUT2D eigenvalue weighted by molar-refractivity contribution is 5.94. The Morgan fingerprint density at radius 2 is 2.23 bits per heavy atom. The van der Waals surface area contributed by atoms with E-state index in [-0.39, 0.29) is 17.9 Å². The molecule has 0 saturated carbocycles. The lowest BCUT2D eigenvalue weighted by molar-refractivity contribution is -0.385. The molecule has 13 heavy (non-hydrogen) atoms. The van der Waals surface area contributed by atoms with Crippen LogP contribution in [-0.2, 0) is 11.3 Å². The molecule has 0 aromatic heterocycles. The molecule has 0 fully saturated rings. The van der Waals surface area contributed by atoms with Crippen LogP contribution in [0, 0.1) is 10.1 Å². The first kappa shape index (κ1) is 7.72. The Hall–Kier alpha value is -1.91. The summed E-state index contributed by atoms with van der Waals surface area (Å²) in [6.45, 7) is 0.107. The van der Waals surface area contributed by atoms with E-state index < -0.39 is 10.9 Å². The van der Waals surface area contributed by atoms with Crippen LogP contribution in [0.5, 0.6) is 0 Å².